The number of aliphatic hydroxyl groups is 1. The normalized spacial score (nSPS) is 47.9. The molecule has 0 spiro atoms. The Morgan fingerprint density at radius 2 is 1.72 bits per heavy atom. The third-order valence-electron chi connectivity index (χ3n) is 10.6. The largest absolute Gasteiger partial charge is 0.390 e. The van der Waals surface area contributed by atoms with Crippen molar-refractivity contribution in [1.82, 2.24) is 0 Å². The van der Waals surface area contributed by atoms with E-state index < -0.39 is 5.60 Å². The summed E-state index contributed by atoms with van der Waals surface area (Å²) in [6, 6.07) is 0. The van der Waals surface area contributed by atoms with E-state index in [1.807, 2.05) is 0 Å². The minimum atomic E-state index is -0.467. The Kier molecular flexibility index (Phi) is 5.81. The van der Waals surface area contributed by atoms with E-state index in [9.17, 15) is 5.11 Å². The van der Waals surface area contributed by atoms with Gasteiger partial charge in [0.15, 0.2) is 0 Å². The van der Waals surface area contributed by atoms with Gasteiger partial charge in [-0.2, -0.15) is 0 Å². The summed E-state index contributed by atoms with van der Waals surface area (Å²) in [5.74, 6) is 5.41. The van der Waals surface area contributed by atoms with E-state index in [0.717, 1.165) is 48.3 Å². The molecule has 0 unspecified atom stereocenters. The van der Waals surface area contributed by atoms with Crippen molar-refractivity contribution >= 4 is 0 Å². The second-order valence-electron chi connectivity index (χ2n) is 13.0. The second kappa shape index (κ2) is 7.68. The van der Waals surface area contributed by atoms with Gasteiger partial charge >= 0.3 is 0 Å². The molecule has 0 aromatic rings. The molecular formula is C28H48O. The van der Waals surface area contributed by atoms with Crippen LogP contribution in [0.3, 0.4) is 0 Å². The van der Waals surface area contributed by atoms with Crippen LogP contribution in [0.2, 0.25) is 0 Å². The Bertz CT molecular complexity index is 630. The van der Waals surface area contributed by atoms with Gasteiger partial charge in [-0.25, -0.2) is 0 Å². The molecule has 4 rings (SSSR count). The van der Waals surface area contributed by atoms with E-state index in [0.29, 0.717) is 10.8 Å². The van der Waals surface area contributed by atoms with Crippen LogP contribution in [0, 0.1) is 46.3 Å². The first kappa shape index (κ1) is 21.9. The van der Waals surface area contributed by atoms with E-state index in [-0.39, 0.29) is 0 Å². The van der Waals surface area contributed by atoms with Crippen molar-refractivity contribution in [2.45, 2.75) is 118 Å². The van der Waals surface area contributed by atoms with Gasteiger partial charge in [0, 0.05) is 0 Å². The highest BCUT2D eigenvalue weighted by atomic mass is 16.3. The summed E-state index contributed by atoms with van der Waals surface area (Å²) >= 11 is 0. The average Bonchev–Trinajstić information content (AvgIpc) is 2.99. The smallest absolute Gasteiger partial charge is 0.0657 e. The van der Waals surface area contributed by atoms with Crippen LogP contribution in [0.1, 0.15) is 112 Å². The molecule has 3 saturated carbocycles. The van der Waals surface area contributed by atoms with Crippen LogP contribution in [0.5, 0.6) is 0 Å². The standard InChI is InChI=1S/C28H48O/c1-19(2)8-7-9-20(3)23-12-13-24-22-11-10-21-18-26(4,29)16-17-27(21,5)25(22)14-15-28(23,24)6/h10,19-20,22-25,29H,7-9,11-18H2,1-6H3/t20-,22+,23+,24-,25+,26-,27+,28-/m1/s1. The fourth-order valence-corrected chi connectivity index (χ4v) is 8.83. The molecule has 4 aliphatic rings. The molecule has 29 heavy (non-hydrogen) atoms. The zero-order valence-corrected chi connectivity index (χ0v) is 20.3. The van der Waals surface area contributed by atoms with Crippen molar-refractivity contribution < 1.29 is 5.11 Å². The number of fused-ring (bicyclic) bond motifs is 5. The summed E-state index contributed by atoms with van der Waals surface area (Å²) < 4.78 is 0. The van der Waals surface area contributed by atoms with Gasteiger partial charge in [0.2, 0.25) is 0 Å². The van der Waals surface area contributed by atoms with E-state index in [1.54, 1.807) is 5.57 Å². The highest BCUT2D eigenvalue weighted by Crippen LogP contribution is 2.67. The van der Waals surface area contributed by atoms with Crippen LogP contribution in [0.25, 0.3) is 0 Å². The second-order valence-corrected chi connectivity index (χ2v) is 13.0. The predicted molar refractivity (Wildman–Crippen MR) is 124 cm³/mol. The Hall–Kier alpha value is -0.300. The van der Waals surface area contributed by atoms with Gasteiger partial charge in [0.1, 0.15) is 0 Å². The fraction of sp³-hybridized carbons (Fsp3) is 0.929. The van der Waals surface area contributed by atoms with Gasteiger partial charge in [-0.15, -0.1) is 0 Å². The third-order valence-corrected chi connectivity index (χ3v) is 10.6. The lowest BCUT2D eigenvalue weighted by Gasteiger charge is -2.59. The van der Waals surface area contributed by atoms with Gasteiger partial charge < -0.3 is 5.11 Å². The van der Waals surface area contributed by atoms with Gasteiger partial charge in [0.05, 0.1) is 5.60 Å². The van der Waals surface area contributed by atoms with E-state index in [4.69, 9.17) is 0 Å². The van der Waals surface area contributed by atoms with Gasteiger partial charge in [0.25, 0.3) is 0 Å². The molecule has 8 atom stereocenters. The average molecular weight is 401 g/mol. The number of hydrogen-bond acceptors (Lipinski definition) is 1. The molecule has 0 aliphatic heterocycles. The van der Waals surface area contributed by atoms with E-state index in [2.05, 4.69) is 47.6 Å². The number of hydrogen-bond donors (Lipinski definition) is 1. The molecule has 166 valence electrons. The quantitative estimate of drug-likeness (QED) is 0.467. The van der Waals surface area contributed by atoms with E-state index >= 15 is 0 Å². The zero-order valence-electron chi connectivity index (χ0n) is 20.3. The monoisotopic (exact) mass is 400 g/mol. The first-order chi connectivity index (χ1) is 13.6. The number of allylic oxidation sites excluding steroid dienone is 1. The highest BCUT2D eigenvalue weighted by molar-refractivity contribution is 5.26. The molecule has 0 bridgehead atoms. The molecule has 0 aromatic heterocycles. The molecule has 1 heteroatoms. The van der Waals surface area contributed by atoms with Crippen molar-refractivity contribution in [3.05, 3.63) is 11.6 Å². The molecule has 1 nitrogen and oxygen atoms in total. The molecule has 0 heterocycles. The molecule has 0 saturated heterocycles. The lowest BCUT2D eigenvalue weighted by molar-refractivity contribution is -0.0705. The van der Waals surface area contributed by atoms with E-state index in [1.165, 1.54) is 57.8 Å². The summed E-state index contributed by atoms with van der Waals surface area (Å²) in [6.07, 6.45) is 17.1. The minimum Gasteiger partial charge on any atom is -0.390 e. The summed E-state index contributed by atoms with van der Waals surface area (Å²) in [4.78, 5) is 0. The minimum absolute atomic E-state index is 0.369. The lowest BCUT2D eigenvalue weighted by Crippen LogP contribution is -2.52. The van der Waals surface area contributed by atoms with Crippen molar-refractivity contribution in [3.63, 3.8) is 0 Å². The molecule has 0 aromatic carbocycles. The fourth-order valence-electron chi connectivity index (χ4n) is 8.83. The van der Waals surface area contributed by atoms with Crippen molar-refractivity contribution in [1.29, 1.82) is 0 Å². The van der Waals surface area contributed by atoms with Gasteiger partial charge in [-0.1, -0.05) is 65.5 Å². The maximum Gasteiger partial charge on any atom is 0.0657 e. The van der Waals surface area contributed by atoms with Crippen LogP contribution in [0.4, 0.5) is 0 Å². The van der Waals surface area contributed by atoms with Crippen LogP contribution in [0.15, 0.2) is 11.6 Å². The summed E-state index contributed by atoms with van der Waals surface area (Å²) in [5, 5.41) is 10.7. The van der Waals surface area contributed by atoms with Gasteiger partial charge in [-0.05, 0) is 105 Å². The highest BCUT2D eigenvalue weighted by Gasteiger charge is 2.59. The van der Waals surface area contributed by atoms with Crippen LogP contribution >= 0.6 is 0 Å². The maximum absolute atomic E-state index is 10.7. The van der Waals surface area contributed by atoms with Crippen molar-refractivity contribution in [2.75, 3.05) is 0 Å². The summed E-state index contributed by atoms with van der Waals surface area (Å²) in [5.41, 5.74) is 2.09. The molecule has 0 amide bonds. The van der Waals surface area contributed by atoms with Crippen molar-refractivity contribution in [3.8, 4) is 0 Å². The van der Waals surface area contributed by atoms with Crippen LogP contribution in [-0.4, -0.2) is 10.7 Å². The third kappa shape index (κ3) is 3.77. The maximum atomic E-state index is 10.7. The zero-order chi connectivity index (χ0) is 21.0. The number of rotatable bonds is 5. The van der Waals surface area contributed by atoms with Crippen LogP contribution in [-0.2, 0) is 0 Å². The molecule has 3 fully saturated rings. The first-order valence-electron chi connectivity index (χ1n) is 13.0. The Labute approximate surface area is 181 Å². The Balaban J connectivity index is 1.50. The van der Waals surface area contributed by atoms with Gasteiger partial charge in [-0.3, -0.25) is 0 Å². The Morgan fingerprint density at radius 1 is 0.966 bits per heavy atom. The lowest BCUT2D eigenvalue weighted by atomic mass is 9.46. The van der Waals surface area contributed by atoms with Crippen LogP contribution < -0.4 is 0 Å². The predicted octanol–water partition coefficient (Wildman–Crippen LogP) is 7.78. The van der Waals surface area contributed by atoms with Crippen molar-refractivity contribution in [2.24, 2.45) is 46.3 Å². The molecular weight excluding hydrogens is 352 g/mol. The summed E-state index contributed by atoms with van der Waals surface area (Å²) in [7, 11) is 0. The molecule has 4 aliphatic carbocycles. The molecule has 1 N–H and O–H groups in total. The first-order valence-corrected chi connectivity index (χ1v) is 13.0. The summed E-state index contributed by atoms with van der Waals surface area (Å²) in [6.45, 7) is 14.6. The topological polar surface area (TPSA) is 20.2 Å². The SMILES string of the molecule is CC(C)CCC[C@@H](C)[C@@H]1CC[C@@H]2[C@@H]3CC=C4C[C@](C)(O)CC[C@]4(C)[C@H]3CC[C@@]21C. The Morgan fingerprint density at radius 3 is 2.45 bits per heavy atom. The molecule has 0 radical (unpaired) electrons.